The van der Waals surface area contributed by atoms with Crippen LogP contribution in [-0.4, -0.2) is 36.4 Å². The van der Waals surface area contributed by atoms with Crippen LogP contribution in [0.1, 0.15) is 32.3 Å². The zero-order valence-electron chi connectivity index (χ0n) is 13.5. The molecule has 22 heavy (non-hydrogen) atoms. The number of likely N-dealkylation sites (tertiary alicyclic amines) is 1. The highest BCUT2D eigenvalue weighted by molar-refractivity contribution is 5.90. The van der Waals surface area contributed by atoms with E-state index in [0.717, 1.165) is 31.5 Å². The Morgan fingerprint density at radius 1 is 1.32 bits per heavy atom. The molecule has 2 amide bonds. The second-order valence-corrected chi connectivity index (χ2v) is 6.03. The number of ether oxygens (including phenoxy) is 1. The van der Waals surface area contributed by atoms with E-state index < -0.39 is 0 Å². The summed E-state index contributed by atoms with van der Waals surface area (Å²) in [7, 11) is 0. The molecule has 0 spiro atoms. The fourth-order valence-electron chi connectivity index (χ4n) is 2.53. The summed E-state index contributed by atoms with van der Waals surface area (Å²) in [6.07, 6.45) is 2.10. The van der Waals surface area contributed by atoms with Gasteiger partial charge in [0.2, 0.25) is 5.91 Å². The van der Waals surface area contributed by atoms with Crippen LogP contribution in [0.2, 0.25) is 0 Å². The lowest BCUT2D eigenvalue weighted by atomic mass is 9.99. The second kappa shape index (κ2) is 7.29. The van der Waals surface area contributed by atoms with Gasteiger partial charge < -0.3 is 15.0 Å². The molecule has 0 radical (unpaired) electrons. The molecule has 1 aliphatic heterocycles. The molecule has 5 nitrogen and oxygen atoms in total. The van der Waals surface area contributed by atoms with E-state index in [4.69, 9.17) is 4.74 Å². The molecule has 2 rings (SSSR count). The normalized spacial score (nSPS) is 15.5. The van der Waals surface area contributed by atoms with Crippen molar-refractivity contribution in [3.63, 3.8) is 0 Å². The molecule has 1 saturated heterocycles. The first-order chi connectivity index (χ1) is 10.5. The van der Waals surface area contributed by atoms with Gasteiger partial charge in [0.1, 0.15) is 5.75 Å². The van der Waals surface area contributed by atoms with E-state index in [1.807, 2.05) is 24.0 Å². The summed E-state index contributed by atoms with van der Waals surface area (Å²) in [5, 5.41) is 2.72. The van der Waals surface area contributed by atoms with E-state index in [9.17, 15) is 9.59 Å². The Hall–Kier alpha value is -2.04. The van der Waals surface area contributed by atoms with Crippen LogP contribution in [0, 0.1) is 12.8 Å². The number of nitrogens with one attached hydrogen (secondary N) is 1. The van der Waals surface area contributed by atoms with E-state index in [0.29, 0.717) is 17.4 Å². The highest BCUT2D eigenvalue weighted by atomic mass is 16.5. The summed E-state index contributed by atoms with van der Waals surface area (Å²) in [6, 6.07) is 5.52. The van der Waals surface area contributed by atoms with Gasteiger partial charge in [0, 0.05) is 20.0 Å². The van der Waals surface area contributed by atoms with Crippen molar-refractivity contribution in [2.45, 2.75) is 33.6 Å². The van der Waals surface area contributed by atoms with Gasteiger partial charge in [0.15, 0.2) is 6.61 Å². The van der Waals surface area contributed by atoms with Crippen molar-refractivity contribution in [2.75, 3.05) is 25.0 Å². The van der Waals surface area contributed by atoms with Crippen molar-refractivity contribution >= 4 is 17.5 Å². The number of hydrogen-bond acceptors (Lipinski definition) is 3. The summed E-state index contributed by atoms with van der Waals surface area (Å²) >= 11 is 0. The van der Waals surface area contributed by atoms with Gasteiger partial charge in [-0.2, -0.15) is 0 Å². The Labute approximate surface area is 131 Å². The maximum Gasteiger partial charge on any atom is 0.260 e. The summed E-state index contributed by atoms with van der Waals surface area (Å²) in [5.41, 5.74) is 1.61. The molecule has 1 aliphatic rings. The number of nitrogens with zero attached hydrogens (tertiary/aromatic N) is 1. The van der Waals surface area contributed by atoms with Gasteiger partial charge in [-0.1, -0.05) is 13.0 Å². The van der Waals surface area contributed by atoms with Gasteiger partial charge in [-0.05, 0) is 43.4 Å². The molecular formula is C17H24N2O3. The van der Waals surface area contributed by atoms with Gasteiger partial charge >= 0.3 is 0 Å². The van der Waals surface area contributed by atoms with Crippen LogP contribution in [0.15, 0.2) is 18.2 Å². The molecule has 0 saturated carbocycles. The highest BCUT2D eigenvalue weighted by Crippen LogP contribution is 2.26. The quantitative estimate of drug-likeness (QED) is 0.930. The Kier molecular flexibility index (Phi) is 5.41. The number of carbonyl (C=O) groups is 2. The monoisotopic (exact) mass is 304 g/mol. The van der Waals surface area contributed by atoms with Crippen LogP contribution in [-0.2, 0) is 9.59 Å². The zero-order valence-corrected chi connectivity index (χ0v) is 13.5. The van der Waals surface area contributed by atoms with E-state index >= 15 is 0 Å². The predicted molar refractivity (Wildman–Crippen MR) is 86.0 cm³/mol. The lowest BCUT2D eigenvalue weighted by molar-refractivity contribution is -0.134. The molecule has 0 atom stereocenters. The molecular weight excluding hydrogens is 280 g/mol. The fraction of sp³-hybridized carbons (Fsp3) is 0.529. The molecule has 0 aliphatic carbocycles. The molecule has 0 aromatic heterocycles. The zero-order chi connectivity index (χ0) is 16.1. The highest BCUT2D eigenvalue weighted by Gasteiger charge is 2.20. The summed E-state index contributed by atoms with van der Waals surface area (Å²) in [4.78, 5) is 25.3. The Bertz CT molecular complexity index is 549. The predicted octanol–water partition coefficient (Wildman–Crippen LogP) is 2.59. The van der Waals surface area contributed by atoms with Gasteiger partial charge in [0.05, 0.1) is 5.69 Å². The van der Waals surface area contributed by atoms with E-state index in [1.165, 1.54) is 6.92 Å². The van der Waals surface area contributed by atoms with Gasteiger partial charge in [-0.15, -0.1) is 0 Å². The van der Waals surface area contributed by atoms with E-state index in [2.05, 4.69) is 12.2 Å². The molecule has 1 aromatic rings. The molecule has 120 valence electrons. The van der Waals surface area contributed by atoms with Gasteiger partial charge in [0.25, 0.3) is 5.91 Å². The lowest BCUT2D eigenvalue weighted by Gasteiger charge is -2.30. The van der Waals surface area contributed by atoms with E-state index in [-0.39, 0.29) is 18.4 Å². The Morgan fingerprint density at radius 2 is 2.00 bits per heavy atom. The first-order valence-corrected chi connectivity index (χ1v) is 7.74. The van der Waals surface area contributed by atoms with Crippen LogP contribution in [0.5, 0.6) is 5.75 Å². The van der Waals surface area contributed by atoms with Gasteiger partial charge in [-0.25, -0.2) is 0 Å². The maximum atomic E-state index is 12.2. The number of hydrogen-bond donors (Lipinski definition) is 1. The standard InChI is InChI=1S/C17H24N2O3/c1-12-6-8-19(9-7-12)17(21)11-22-16-10-13(2)4-5-15(16)18-14(3)20/h4-5,10,12H,6-9,11H2,1-3H3,(H,18,20). The van der Waals surface area contributed by atoms with Crippen molar-refractivity contribution in [3.8, 4) is 5.75 Å². The van der Waals surface area contributed by atoms with Crippen LogP contribution < -0.4 is 10.1 Å². The number of amides is 2. The molecule has 0 bridgehead atoms. The van der Waals surface area contributed by atoms with E-state index in [1.54, 1.807) is 6.07 Å². The first-order valence-electron chi connectivity index (χ1n) is 7.74. The molecule has 1 heterocycles. The molecule has 1 aromatic carbocycles. The average molecular weight is 304 g/mol. The number of anilines is 1. The lowest BCUT2D eigenvalue weighted by Crippen LogP contribution is -2.40. The third kappa shape index (κ3) is 4.48. The number of benzene rings is 1. The third-order valence-corrected chi connectivity index (χ3v) is 3.94. The van der Waals surface area contributed by atoms with Crippen molar-refractivity contribution < 1.29 is 14.3 Å². The summed E-state index contributed by atoms with van der Waals surface area (Å²) in [5.74, 6) is 1.06. The number of rotatable bonds is 4. The van der Waals surface area contributed by atoms with Crippen LogP contribution in [0.25, 0.3) is 0 Å². The topological polar surface area (TPSA) is 58.6 Å². The molecule has 1 fully saturated rings. The second-order valence-electron chi connectivity index (χ2n) is 6.03. The fourth-order valence-corrected chi connectivity index (χ4v) is 2.53. The van der Waals surface area contributed by atoms with Crippen molar-refractivity contribution in [1.82, 2.24) is 4.90 Å². The average Bonchev–Trinajstić information content (AvgIpc) is 2.47. The number of aryl methyl sites for hydroxylation is 1. The van der Waals surface area contributed by atoms with Crippen molar-refractivity contribution in [2.24, 2.45) is 5.92 Å². The Balaban J connectivity index is 1.97. The van der Waals surface area contributed by atoms with Crippen molar-refractivity contribution in [3.05, 3.63) is 23.8 Å². The smallest absolute Gasteiger partial charge is 0.260 e. The minimum absolute atomic E-state index is 0.00202. The number of piperidine rings is 1. The number of carbonyl (C=O) groups excluding carboxylic acids is 2. The van der Waals surface area contributed by atoms with Gasteiger partial charge in [-0.3, -0.25) is 9.59 Å². The minimum atomic E-state index is -0.162. The minimum Gasteiger partial charge on any atom is -0.482 e. The van der Waals surface area contributed by atoms with Crippen molar-refractivity contribution in [1.29, 1.82) is 0 Å². The summed E-state index contributed by atoms with van der Waals surface area (Å²) < 4.78 is 5.65. The molecule has 5 heteroatoms. The maximum absolute atomic E-state index is 12.2. The first kappa shape index (κ1) is 16.3. The molecule has 1 N–H and O–H groups in total. The molecule has 0 unspecified atom stereocenters. The third-order valence-electron chi connectivity index (χ3n) is 3.94. The summed E-state index contributed by atoms with van der Waals surface area (Å²) in [6.45, 7) is 7.21. The Morgan fingerprint density at radius 3 is 2.64 bits per heavy atom. The van der Waals surface area contributed by atoms with Crippen LogP contribution in [0.4, 0.5) is 5.69 Å². The largest absolute Gasteiger partial charge is 0.482 e. The van der Waals surface area contributed by atoms with Crippen LogP contribution >= 0.6 is 0 Å². The SMILES string of the molecule is CC(=O)Nc1ccc(C)cc1OCC(=O)N1CCC(C)CC1. The van der Waals surface area contributed by atoms with Crippen LogP contribution in [0.3, 0.4) is 0 Å².